The van der Waals surface area contributed by atoms with Crippen molar-refractivity contribution < 1.29 is 26.4 Å². The molecule has 36 heavy (non-hydrogen) atoms. The Morgan fingerprint density at radius 2 is 1.00 bits per heavy atom. The Bertz CT molecular complexity index is 1520. The quantitative estimate of drug-likeness (QED) is 0.379. The van der Waals surface area contributed by atoms with E-state index in [0.29, 0.717) is 11.1 Å². The number of aryl methyl sites for hydroxylation is 3. The van der Waals surface area contributed by atoms with E-state index in [-0.39, 0.29) is 21.2 Å². The van der Waals surface area contributed by atoms with E-state index in [1.807, 2.05) is 9.44 Å². The first-order chi connectivity index (χ1) is 16.8. The molecule has 0 unspecified atom stereocenters. The lowest BCUT2D eigenvalue weighted by molar-refractivity contribution is 0.255. The van der Waals surface area contributed by atoms with Crippen LogP contribution in [0, 0.1) is 27.7 Å². The molecular formula is C24H26N4O6S2. The third-order valence-corrected chi connectivity index (χ3v) is 7.97. The molecule has 0 radical (unpaired) electrons. The zero-order valence-corrected chi connectivity index (χ0v) is 21.7. The molecule has 0 fully saturated rings. The molecule has 0 bridgehead atoms. The monoisotopic (exact) mass is 530 g/mol. The van der Waals surface area contributed by atoms with E-state index in [2.05, 4.69) is 10.6 Å². The minimum Gasteiger partial charge on any atom is -0.307 e. The van der Waals surface area contributed by atoms with Gasteiger partial charge in [0.15, 0.2) is 0 Å². The molecule has 4 N–H and O–H groups in total. The van der Waals surface area contributed by atoms with Crippen LogP contribution in [0.4, 0.5) is 21.0 Å². The Kier molecular flexibility index (Phi) is 7.70. The van der Waals surface area contributed by atoms with Gasteiger partial charge in [0.05, 0.1) is 15.5 Å². The van der Waals surface area contributed by atoms with Crippen LogP contribution in [0.2, 0.25) is 0 Å². The van der Waals surface area contributed by atoms with Crippen LogP contribution in [-0.4, -0.2) is 28.9 Å². The molecule has 3 aromatic carbocycles. The first-order valence-corrected chi connectivity index (χ1v) is 13.7. The lowest BCUT2D eigenvalue weighted by atomic mass is 10.1. The van der Waals surface area contributed by atoms with Crippen LogP contribution >= 0.6 is 0 Å². The molecule has 0 aliphatic carbocycles. The molecule has 0 heterocycles. The zero-order valence-electron chi connectivity index (χ0n) is 20.0. The number of hydrogen-bond donors (Lipinski definition) is 4. The van der Waals surface area contributed by atoms with Crippen molar-refractivity contribution >= 4 is 43.5 Å². The van der Waals surface area contributed by atoms with Crippen LogP contribution in [0.3, 0.4) is 0 Å². The highest BCUT2D eigenvalue weighted by Crippen LogP contribution is 2.27. The maximum Gasteiger partial charge on any atom is 0.333 e. The van der Waals surface area contributed by atoms with Crippen molar-refractivity contribution in [2.75, 3.05) is 10.6 Å². The Hall–Kier alpha value is -3.90. The molecule has 0 atom stereocenters. The SMILES string of the molecule is Cc1ccc(S(=O)(=O)NC(=O)Nc2ccc(C)c(NC(=O)NS(=O)(=O)c3ccc(C)cc3)c2C)cc1. The molecule has 0 aliphatic heterocycles. The molecule has 4 amide bonds. The van der Waals surface area contributed by atoms with E-state index in [0.717, 1.165) is 11.1 Å². The second-order valence-corrected chi connectivity index (χ2v) is 11.5. The van der Waals surface area contributed by atoms with Gasteiger partial charge in [-0.1, -0.05) is 41.5 Å². The first kappa shape index (κ1) is 26.7. The minimum atomic E-state index is -4.11. The fourth-order valence-corrected chi connectivity index (χ4v) is 5.07. The third kappa shape index (κ3) is 6.40. The van der Waals surface area contributed by atoms with Crippen molar-refractivity contribution in [1.82, 2.24) is 9.44 Å². The molecule has 12 heteroatoms. The van der Waals surface area contributed by atoms with E-state index in [1.165, 1.54) is 30.3 Å². The number of urea groups is 2. The smallest absolute Gasteiger partial charge is 0.307 e. The number of rotatable bonds is 6. The predicted octanol–water partition coefficient (Wildman–Crippen LogP) is 3.94. The standard InChI is InChI=1S/C24H26N4O6S2/c1-15-5-10-19(11-6-15)35(31,32)27-23(29)25-21-14-9-17(3)22(18(21)4)26-24(30)28-36(33,34)20-12-7-16(2)8-13-20/h5-14H,1-4H3,(H2,25,27,29)(H2,26,28,30). The highest BCUT2D eigenvalue weighted by Gasteiger charge is 2.21. The topological polar surface area (TPSA) is 151 Å². The van der Waals surface area contributed by atoms with Crippen molar-refractivity contribution in [1.29, 1.82) is 0 Å². The number of nitrogens with one attached hydrogen (secondary N) is 4. The lowest BCUT2D eigenvalue weighted by Crippen LogP contribution is -2.35. The first-order valence-electron chi connectivity index (χ1n) is 10.7. The van der Waals surface area contributed by atoms with Gasteiger partial charge in [-0.25, -0.2) is 35.9 Å². The van der Waals surface area contributed by atoms with Crippen LogP contribution < -0.4 is 20.1 Å². The Balaban J connectivity index is 1.74. The summed E-state index contributed by atoms with van der Waals surface area (Å²) in [5.74, 6) is 0. The lowest BCUT2D eigenvalue weighted by Gasteiger charge is -2.17. The molecular weight excluding hydrogens is 504 g/mol. The molecule has 0 aliphatic rings. The molecule has 0 spiro atoms. The Labute approximate surface area is 210 Å². The number of carbonyl (C=O) groups is 2. The fraction of sp³-hybridized carbons (Fsp3) is 0.167. The van der Waals surface area contributed by atoms with Gasteiger partial charge >= 0.3 is 12.1 Å². The number of carbonyl (C=O) groups excluding carboxylic acids is 2. The van der Waals surface area contributed by atoms with Crippen LogP contribution in [0.25, 0.3) is 0 Å². The molecule has 0 saturated heterocycles. The van der Waals surface area contributed by atoms with Gasteiger partial charge in [0.25, 0.3) is 20.0 Å². The second-order valence-electron chi connectivity index (χ2n) is 8.18. The summed E-state index contributed by atoms with van der Waals surface area (Å²) in [6, 6.07) is 13.1. The van der Waals surface area contributed by atoms with Gasteiger partial charge in [-0.05, 0) is 69.2 Å². The van der Waals surface area contributed by atoms with E-state index >= 15 is 0 Å². The maximum absolute atomic E-state index is 12.5. The summed E-state index contributed by atoms with van der Waals surface area (Å²) in [5.41, 5.74) is 3.18. The predicted molar refractivity (Wildman–Crippen MR) is 137 cm³/mol. The Morgan fingerprint density at radius 3 is 1.44 bits per heavy atom. The summed E-state index contributed by atoms with van der Waals surface area (Å²) in [6.07, 6.45) is 0. The summed E-state index contributed by atoms with van der Waals surface area (Å²) >= 11 is 0. The maximum atomic E-state index is 12.5. The van der Waals surface area contributed by atoms with Crippen LogP contribution in [-0.2, 0) is 20.0 Å². The Morgan fingerprint density at radius 1 is 0.583 bits per heavy atom. The summed E-state index contributed by atoms with van der Waals surface area (Å²) in [4.78, 5) is 24.8. The largest absolute Gasteiger partial charge is 0.333 e. The van der Waals surface area contributed by atoms with Crippen molar-refractivity contribution in [3.8, 4) is 0 Å². The normalized spacial score (nSPS) is 11.4. The van der Waals surface area contributed by atoms with E-state index < -0.39 is 32.1 Å². The summed E-state index contributed by atoms with van der Waals surface area (Å²) in [5, 5.41) is 4.94. The van der Waals surface area contributed by atoms with E-state index in [1.54, 1.807) is 58.0 Å². The zero-order chi connectivity index (χ0) is 26.7. The van der Waals surface area contributed by atoms with E-state index in [9.17, 15) is 26.4 Å². The molecule has 3 rings (SSSR count). The van der Waals surface area contributed by atoms with Crippen LogP contribution in [0.1, 0.15) is 22.3 Å². The second kappa shape index (κ2) is 10.4. The van der Waals surface area contributed by atoms with Crippen molar-refractivity contribution in [3.63, 3.8) is 0 Å². The number of anilines is 2. The van der Waals surface area contributed by atoms with Gasteiger partial charge in [-0.15, -0.1) is 0 Å². The molecule has 190 valence electrons. The van der Waals surface area contributed by atoms with Crippen molar-refractivity contribution in [2.45, 2.75) is 37.5 Å². The third-order valence-electron chi connectivity index (χ3n) is 5.28. The van der Waals surface area contributed by atoms with Crippen LogP contribution in [0.15, 0.2) is 70.5 Å². The fourth-order valence-electron chi connectivity index (χ4n) is 3.26. The average molecular weight is 531 g/mol. The summed E-state index contributed by atoms with van der Waals surface area (Å²) < 4.78 is 53.8. The van der Waals surface area contributed by atoms with E-state index in [4.69, 9.17) is 0 Å². The molecule has 0 aromatic heterocycles. The van der Waals surface area contributed by atoms with Gasteiger partial charge in [0.1, 0.15) is 0 Å². The number of hydrogen-bond acceptors (Lipinski definition) is 6. The van der Waals surface area contributed by atoms with Gasteiger partial charge in [-0.2, -0.15) is 0 Å². The minimum absolute atomic E-state index is 0.0708. The summed E-state index contributed by atoms with van der Waals surface area (Å²) in [7, 11) is -8.21. The summed E-state index contributed by atoms with van der Waals surface area (Å²) in [6.45, 7) is 6.88. The molecule has 10 nitrogen and oxygen atoms in total. The van der Waals surface area contributed by atoms with Gasteiger partial charge in [0.2, 0.25) is 0 Å². The van der Waals surface area contributed by atoms with Crippen molar-refractivity contribution in [2.24, 2.45) is 0 Å². The van der Waals surface area contributed by atoms with Crippen LogP contribution in [0.5, 0.6) is 0 Å². The van der Waals surface area contributed by atoms with Gasteiger partial charge in [0, 0.05) is 5.69 Å². The average Bonchev–Trinajstić information content (AvgIpc) is 2.78. The van der Waals surface area contributed by atoms with Gasteiger partial charge in [-0.3, -0.25) is 0 Å². The number of sulfonamides is 2. The molecule has 3 aromatic rings. The number of benzene rings is 3. The van der Waals surface area contributed by atoms with Crippen molar-refractivity contribution in [3.05, 3.63) is 82.9 Å². The highest BCUT2D eigenvalue weighted by molar-refractivity contribution is 7.90. The highest BCUT2D eigenvalue weighted by atomic mass is 32.2. The molecule has 0 saturated carbocycles. The number of amides is 4. The van der Waals surface area contributed by atoms with Gasteiger partial charge < -0.3 is 10.6 Å².